The summed E-state index contributed by atoms with van der Waals surface area (Å²) in [5.41, 5.74) is 1.88. The average Bonchev–Trinajstić information content (AvgIpc) is 2.42. The van der Waals surface area contributed by atoms with Crippen LogP contribution < -0.4 is 10.6 Å². The van der Waals surface area contributed by atoms with Gasteiger partial charge in [-0.3, -0.25) is 4.79 Å². The van der Waals surface area contributed by atoms with Gasteiger partial charge in [0, 0.05) is 20.2 Å². The first-order valence-electron chi connectivity index (χ1n) is 6.36. The molecule has 0 fully saturated rings. The second-order valence-electron chi connectivity index (χ2n) is 4.36. The third-order valence-electron chi connectivity index (χ3n) is 2.72. The monoisotopic (exact) mass is 302 g/mol. The Morgan fingerprint density at radius 3 is 2.55 bits per heavy atom. The van der Waals surface area contributed by atoms with Crippen LogP contribution in [0.2, 0.25) is 0 Å². The zero-order valence-corrected chi connectivity index (χ0v) is 12.7. The molecular weight excluding hydrogens is 280 g/mol. The van der Waals surface area contributed by atoms with Gasteiger partial charge in [0.1, 0.15) is 0 Å². The van der Waals surface area contributed by atoms with Crippen LogP contribution in [0.1, 0.15) is 24.2 Å². The highest BCUT2D eigenvalue weighted by molar-refractivity contribution is 5.85. The molecule has 0 spiro atoms. The van der Waals surface area contributed by atoms with Crippen molar-refractivity contribution in [3.63, 3.8) is 0 Å². The molecule has 1 aromatic rings. The van der Waals surface area contributed by atoms with Crippen molar-refractivity contribution in [2.45, 2.75) is 19.6 Å². The first-order chi connectivity index (χ1) is 9.13. The molecule has 1 unspecified atom stereocenters. The van der Waals surface area contributed by atoms with E-state index in [9.17, 15) is 9.90 Å². The molecule has 1 atom stereocenters. The summed E-state index contributed by atoms with van der Waals surface area (Å²) in [5.74, 6) is -0.0456. The van der Waals surface area contributed by atoms with E-state index >= 15 is 0 Å². The van der Waals surface area contributed by atoms with Crippen LogP contribution in [0.15, 0.2) is 24.3 Å². The number of rotatable bonds is 8. The van der Waals surface area contributed by atoms with Crippen molar-refractivity contribution in [1.29, 1.82) is 0 Å². The van der Waals surface area contributed by atoms with E-state index in [0.29, 0.717) is 19.7 Å². The number of aliphatic hydroxyl groups is 1. The molecule has 0 bridgehead atoms. The number of halogens is 1. The van der Waals surface area contributed by atoms with Crippen molar-refractivity contribution in [1.82, 2.24) is 10.6 Å². The number of amides is 1. The van der Waals surface area contributed by atoms with E-state index in [-0.39, 0.29) is 24.9 Å². The van der Waals surface area contributed by atoms with Crippen molar-refractivity contribution >= 4 is 18.3 Å². The molecule has 3 N–H and O–H groups in total. The Morgan fingerprint density at radius 2 is 2.00 bits per heavy atom. The Labute approximate surface area is 126 Å². The molecule has 6 heteroatoms. The highest BCUT2D eigenvalue weighted by atomic mass is 35.5. The molecule has 0 saturated carbocycles. The fourth-order valence-corrected chi connectivity index (χ4v) is 1.55. The first-order valence-corrected chi connectivity index (χ1v) is 6.36. The number of hydrogen-bond acceptors (Lipinski definition) is 4. The van der Waals surface area contributed by atoms with Crippen molar-refractivity contribution in [3.05, 3.63) is 35.4 Å². The molecule has 0 aromatic heterocycles. The second-order valence-corrected chi connectivity index (χ2v) is 4.36. The minimum absolute atomic E-state index is 0. The first kappa shape index (κ1) is 18.9. The van der Waals surface area contributed by atoms with E-state index < -0.39 is 6.10 Å². The molecule has 114 valence electrons. The minimum atomic E-state index is -0.464. The lowest BCUT2D eigenvalue weighted by molar-refractivity contribution is -0.120. The van der Waals surface area contributed by atoms with Gasteiger partial charge in [-0.25, -0.2) is 0 Å². The summed E-state index contributed by atoms with van der Waals surface area (Å²) in [6.07, 6.45) is -0.464. The van der Waals surface area contributed by atoms with Gasteiger partial charge in [0.25, 0.3) is 0 Å². The van der Waals surface area contributed by atoms with E-state index in [1.807, 2.05) is 24.3 Å². The summed E-state index contributed by atoms with van der Waals surface area (Å²) in [6, 6.07) is 7.54. The van der Waals surface area contributed by atoms with E-state index in [0.717, 1.165) is 11.1 Å². The molecule has 0 aliphatic carbocycles. The Morgan fingerprint density at radius 1 is 1.35 bits per heavy atom. The molecule has 1 rings (SSSR count). The molecular formula is C14H23ClN2O3. The predicted molar refractivity (Wildman–Crippen MR) is 80.9 cm³/mol. The summed E-state index contributed by atoms with van der Waals surface area (Å²) < 4.78 is 4.87. The lowest BCUT2D eigenvalue weighted by Gasteiger charge is -2.08. The Balaban J connectivity index is 0.00000361. The van der Waals surface area contributed by atoms with E-state index in [2.05, 4.69) is 10.6 Å². The Kier molecular flexibility index (Phi) is 10.0. The summed E-state index contributed by atoms with van der Waals surface area (Å²) in [5, 5.41) is 15.2. The van der Waals surface area contributed by atoms with Crippen LogP contribution in [0.5, 0.6) is 0 Å². The molecule has 0 saturated heterocycles. The Bertz CT molecular complexity index is 383. The lowest BCUT2D eigenvalue weighted by Crippen LogP contribution is -2.34. The van der Waals surface area contributed by atoms with E-state index in [1.165, 1.54) is 0 Å². The number of aliphatic hydroxyl groups excluding tert-OH is 1. The molecule has 1 amide bonds. The van der Waals surface area contributed by atoms with Gasteiger partial charge in [-0.2, -0.15) is 0 Å². The van der Waals surface area contributed by atoms with Crippen LogP contribution in [0, 0.1) is 0 Å². The third-order valence-corrected chi connectivity index (χ3v) is 2.72. The standard InChI is InChI=1S/C14H22N2O3.ClH/c1-11(17)13-5-3-12(4-6-13)9-16-14(18)10-15-7-8-19-2;/h3-6,11,15,17H,7-10H2,1-2H3,(H,16,18);1H. The number of methoxy groups -OCH3 is 1. The van der Waals surface area contributed by atoms with Gasteiger partial charge >= 0.3 is 0 Å². The van der Waals surface area contributed by atoms with E-state index in [4.69, 9.17) is 4.74 Å². The van der Waals surface area contributed by atoms with Crippen LogP contribution in [0.4, 0.5) is 0 Å². The summed E-state index contributed by atoms with van der Waals surface area (Å²) >= 11 is 0. The summed E-state index contributed by atoms with van der Waals surface area (Å²) in [7, 11) is 1.62. The zero-order valence-electron chi connectivity index (χ0n) is 11.9. The molecule has 0 radical (unpaired) electrons. The van der Waals surface area contributed by atoms with E-state index in [1.54, 1.807) is 14.0 Å². The van der Waals surface area contributed by atoms with Gasteiger partial charge in [-0.05, 0) is 18.1 Å². The summed E-state index contributed by atoms with van der Waals surface area (Å²) in [4.78, 5) is 11.5. The Hall–Kier alpha value is -1.14. The second kappa shape index (κ2) is 10.6. The van der Waals surface area contributed by atoms with Gasteiger partial charge in [0.05, 0.1) is 19.3 Å². The van der Waals surface area contributed by atoms with Gasteiger partial charge in [0.2, 0.25) is 5.91 Å². The van der Waals surface area contributed by atoms with Gasteiger partial charge < -0.3 is 20.5 Å². The quantitative estimate of drug-likeness (QED) is 0.627. The number of benzene rings is 1. The maximum absolute atomic E-state index is 11.5. The number of hydrogen-bond donors (Lipinski definition) is 3. The highest BCUT2D eigenvalue weighted by Gasteiger charge is 2.02. The average molecular weight is 303 g/mol. The lowest BCUT2D eigenvalue weighted by atomic mass is 10.1. The number of ether oxygens (including phenoxy) is 1. The molecule has 1 aromatic carbocycles. The fraction of sp³-hybridized carbons (Fsp3) is 0.500. The van der Waals surface area contributed by atoms with Crippen LogP contribution >= 0.6 is 12.4 Å². The highest BCUT2D eigenvalue weighted by Crippen LogP contribution is 2.12. The van der Waals surface area contributed by atoms with Crippen LogP contribution in [-0.2, 0) is 16.1 Å². The van der Waals surface area contributed by atoms with Crippen molar-refractivity contribution < 1.29 is 14.6 Å². The number of carbonyl (C=O) groups excluding carboxylic acids is 1. The summed E-state index contributed by atoms with van der Waals surface area (Å²) in [6.45, 7) is 3.75. The van der Waals surface area contributed by atoms with Crippen molar-refractivity contribution in [3.8, 4) is 0 Å². The molecule has 20 heavy (non-hydrogen) atoms. The normalized spacial score (nSPS) is 11.6. The molecule has 5 nitrogen and oxygen atoms in total. The van der Waals surface area contributed by atoms with Gasteiger partial charge in [-0.15, -0.1) is 12.4 Å². The van der Waals surface area contributed by atoms with Crippen LogP contribution in [0.25, 0.3) is 0 Å². The van der Waals surface area contributed by atoms with Crippen LogP contribution in [0.3, 0.4) is 0 Å². The number of carbonyl (C=O) groups is 1. The van der Waals surface area contributed by atoms with Gasteiger partial charge in [-0.1, -0.05) is 24.3 Å². The fourth-order valence-electron chi connectivity index (χ4n) is 1.55. The molecule has 0 aliphatic rings. The minimum Gasteiger partial charge on any atom is -0.389 e. The SMILES string of the molecule is COCCNCC(=O)NCc1ccc(C(C)O)cc1.Cl. The maximum Gasteiger partial charge on any atom is 0.234 e. The molecule has 0 aliphatic heterocycles. The third kappa shape index (κ3) is 7.45. The zero-order chi connectivity index (χ0) is 14.1. The van der Waals surface area contributed by atoms with Crippen molar-refractivity contribution in [2.24, 2.45) is 0 Å². The van der Waals surface area contributed by atoms with Gasteiger partial charge in [0.15, 0.2) is 0 Å². The topological polar surface area (TPSA) is 70.6 Å². The largest absolute Gasteiger partial charge is 0.389 e. The predicted octanol–water partition coefficient (Wildman–Crippen LogP) is 1.01. The maximum atomic E-state index is 11.5. The smallest absolute Gasteiger partial charge is 0.234 e. The van der Waals surface area contributed by atoms with Crippen molar-refractivity contribution in [2.75, 3.05) is 26.8 Å². The molecule has 0 heterocycles. The number of nitrogens with one attached hydrogen (secondary N) is 2. The van der Waals surface area contributed by atoms with Crippen LogP contribution in [-0.4, -0.2) is 37.8 Å².